The molecule has 0 bridgehead atoms. The minimum Gasteiger partial charge on any atom is -0.474 e. The highest BCUT2D eigenvalue weighted by molar-refractivity contribution is 5.79. The van der Waals surface area contributed by atoms with Gasteiger partial charge in [-0.1, -0.05) is 12.1 Å². The highest BCUT2D eigenvalue weighted by Gasteiger charge is 2.18. The molecule has 2 N–H and O–H groups in total. The molecule has 3 heterocycles. The third kappa shape index (κ3) is 4.82. The number of ether oxygens (including phenoxy) is 1. The van der Waals surface area contributed by atoms with Crippen molar-refractivity contribution in [2.75, 3.05) is 6.54 Å². The van der Waals surface area contributed by atoms with Crippen LogP contribution >= 0.6 is 0 Å². The molecule has 0 saturated heterocycles. The second-order valence-electron chi connectivity index (χ2n) is 7.09. The third-order valence-electron chi connectivity index (χ3n) is 4.98. The molecular formula is C21H27N7O. The number of hydrogen-bond donors (Lipinski definition) is 2. The van der Waals surface area contributed by atoms with E-state index < -0.39 is 0 Å². The van der Waals surface area contributed by atoms with Crippen molar-refractivity contribution in [2.45, 2.75) is 51.8 Å². The van der Waals surface area contributed by atoms with E-state index in [0.717, 1.165) is 42.4 Å². The Labute approximate surface area is 170 Å². The number of hydrogen-bond acceptors (Lipinski definition) is 5. The lowest BCUT2D eigenvalue weighted by Gasteiger charge is -2.15. The zero-order valence-corrected chi connectivity index (χ0v) is 16.7. The first-order valence-corrected chi connectivity index (χ1v) is 10.2. The van der Waals surface area contributed by atoms with Crippen LogP contribution in [0, 0.1) is 0 Å². The van der Waals surface area contributed by atoms with E-state index in [1.165, 1.54) is 12.8 Å². The molecule has 8 heteroatoms. The molecule has 29 heavy (non-hydrogen) atoms. The maximum atomic E-state index is 6.12. The summed E-state index contributed by atoms with van der Waals surface area (Å²) in [7, 11) is 0. The van der Waals surface area contributed by atoms with E-state index in [1.807, 2.05) is 47.9 Å². The van der Waals surface area contributed by atoms with Gasteiger partial charge < -0.3 is 15.4 Å². The van der Waals surface area contributed by atoms with Gasteiger partial charge in [0, 0.05) is 24.5 Å². The standard InChI is InChI=1S/C21H27N7O/c1-2-22-21(25-15-19-27-26-18-11-5-6-13-28(18)19)24-14-16-8-7-12-23-20(16)29-17-9-3-4-10-17/h5-8,11-13,17H,2-4,9-10,14-15H2,1H3,(H2,22,24,25). The number of aliphatic imine (C=N–C) groups is 1. The Kier molecular flexibility index (Phi) is 6.19. The van der Waals surface area contributed by atoms with E-state index in [0.29, 0.717) is 19.0 Å². The topological polar surface area (TPSA) is 88.7 Å². The van der Waals surface area contributed by atoms with Crippen LogP contribution in [0.1, 0.15) is 44.0 Å². The molecule has 1 aliphatic rings. The smallest absolute Gasteiger partial charge is 0.218 e. The summed E-state index contributed by atoms with van der Waals surface area (Å²) in [4.78, 5) is 9.15. The van der Waals surface area contributed by atoms with Gasteiger partial charge in [0.2, 0.25) is 5.88 Å². The first-order valence-electron chi connectivity index (χ1n) is 10.2. The number of guanidine groups is 1. The van der Waals surface area contributed by atoms with Crippen molar-refractivity contribution in [2.24, 2.45) is 4.99 Å². The number of nitrogens with zero attached hydrogens (tertiary/aromatic N) is 5. The quantitative estimate of drug-likeness (QED) is 0.474. The van der Waals surface area contributed by atoms with Crippen LogP contribution < -0.4 is 15.4 Å². The molecule has 8 nitrogen and oxygen atoms in total. The van der Waals surface area contributed by atoms with Gasteiger partial charge >= 0.3 is 0 Å². The molecule has 1 saturated carbocycles. The minimum atomic E-state index is 0.278. The second-order valence-corrected chi connectivity index (χ2v) is 7.09. The van der Waals surface area contributed by atoms with Crippen LogP contribution in [0.25, 0.3) is 5.65 Å². The molecule has 1 fully saturated rings. The van der Waals surface area contributed by atoms with Crippen molar-refractivity contribution in [3.05, 3.63) is 54.1 Å². The first-order chi connectivity index (χ1) is 14.3. The molecule has 0 spiro atoms. The van der Waals surface area contributed by atoms with E-state index in [4.69, 9.17) is 9.73 Å². The molecule has 0 amide bonds. The monoisotopic (exact) mass is 393 g/mol. The van der Waals surface area contributed by atoms with Crippen molar-refractivity contribution in [1.29, 1.82) is 0 Å². The summed E-state index contributed by atoms with van der Waals surface area (Å²) in [6.07, 6.45) is 8.69. The summed E-state index contributed by atoms with van der Waals surface area (Å²) in [5.74, 6) is 2.25. The Balaban J connectivity index is 1.43. The Bertz CT molecular complexity index is 962. The van der Waals surface area contributed by atoms with Crippen LogP contribution in [0.5, 0.6) is 5.88 Å². The van der Waals surface area contributed by atoms with Gasteiger partial charge in [0.1, 0.15) is 6.10 Å². The zero-order chi connectivity index (χ0) is 19.9. The molecule has 0 radical (unpaired) electrons. The van der Waals surface area contributed by atoms with Gasteiger partial charge in [0.25, 0.3) is 0 Å². The summed E-state index contributed by atoms with van der Waals surface area (Å²) >= 11 is 0. The molecule has 0 aromatic carbocycles. The van der Waals surface area contributed by atoms with Gasteiger partial charge in [0.15, 0.2) is 17.4 Å². The van der Waals surface area contributed by atoms with Gasteiger partial charge in [0.05, 0.1) is 13.1 Å². The molecule has 0 unspecified atom stereocenters. The largest absolute Gasteiger partial charge is 0.474 e. The lowest BCUT2D eigenvalue weighted by molar-refractivity contribution is 0.199. The van der Waals surface area contributed by atoms with E-state index in [1.54, 1.807) is 6.20 Å². The fraction of sp³-hybridized carbons (Fsp3) is 0.429. The van der Waals surface area contributed by atoms with Crippen LogP contribution in [0.4, 0.5) is 0 Å². The SMILES string of the molecule is CCNC(=NCc1cccnc1OC1CCCC1)NCc1nnc2ccccn12. The van der Waals surface area contributed by atoms with Gasteiger partial charge in [-0.05, 0) is 50.8 Å². The summed E-state index contributed by atoms with van der Waals surface area (Å²) in [6.45, 7) is 3.83. The molecule has 0 atom stereocenters. The van der Waals surface area contributed by atoms with E-state index in [2.05, 4.69) is 25.8 Å². The summed E-state index contributed by atoms with van der Waals surface area (Å²) < 4.78 is 8.09. The fourth-order valence-corrected chi connectivity index (χ4v) is 3.49. The van der Waals surface area contributed by atoms with Crippen molar-refractivity contribution >= 4 is 11.6 Å². The van der Waals surface area contributed by atoms with Crippen molar-refractivity contribution in [3.8, 4) is 5.88 Å². The molecule has 1 aliphatic carbocycles. The Morgan fingerprint density at radius 2 is 2.07 bits per heavy atom. The average molecular weight is 393 g/mol. The predicted molar refractivity (Wildman–Crippen MR) is 112 cm³/mol. The van der Waals surface area contributed by atoms with Crippen LogP contribution in [-0.4, -0.2) is 38.2 Å². The molecule has 0 aliphatic heterocycles. The number of nitrogens with one attached hydrogen (secondary N) is 2. The predicted octanol–water partition coefficient (Wildman–Crippen LogP) is 2.70. The highest BCUT2D eigenvalue weighted by atomic mass is 16.5. The van der Waals surface area contributed by atoms with Crippen molar-refractivity contribution in [3.63, 3.8) is 0 Å². The maximum Gasteiger partial charge on any atom is 0.218 e. The lowest BCUT2D eigenvalue weighted by atomic mass is 10.2. The molecule has 3 aromatic heterocycles. The Hall–Kier alpha value is -3.16. The molecule has 3 aromatic rings. The van der Waals surface area contributed by atoms with Crippen molar-refractivity contribution in [1.82, 2.24) is 30.2 Å². The Morgan fingerprint density at radius 3 is 2.93 bits per heavy atom. The van der Waals surface area contributed by atoms with Crippen LogP contribution in [0.15, 0.2) is 47.7 Å². The minimum absolute atomic E-state index is 0.278. The number of rotatable bonds is 7. The second kappa shape index (κ2) is 9.36. The number of pyridine rings is 2. The molecule has 4 rings (SSSR count). The molecular weight excluding hydrogens is 366 g/mol. The van der Waals surface area contributed by atoms with E-state index in [9.17, 15) is 0 Å². The van der Waals surface area contributed by atoms with E-state index in [-0.39, 0.29) is 6.10 Å². The van der Waals surface area contributed by atoms with Gasteiger partial charge in [-0.3, -0.25) is 4.40 Å². The highest BCUT2D eigenvalue weighted by Crippen LogP contribution is 2.25. The Morgan fingerprint density at radius 1 is 1.17 bits per heavy atom. The molecule has 152 valence electrons. The van der Waals surface area contributed by atoms with E-state index >= 15 is 0 Å². The summed E-state index contributed by atoms with van der Waals surface area (Å²) in [6, 6.07) is 9.80. The fourth-order valence-electron chi connectivity index (χ4n) is 3.49. The lowest BCUT2D eigenvalue weighted by Crippen LogP contribution is -2.37. The summed E-state index contributed by atoms with van der Waals surface area (Å²) in [5, 5.41) is 15.0. The van der Waals surface area contributed by atoms with Gasteiger partial charge in [-0.15, -0.1) is 10.2 Å². The van der Waals surface area contributed by atoms with Crippen LogP contribution in [0.2, 0.25) is 0 Å². The summed E-state index contributed by atoms with van der Waals surface area (Å²) in [5.41, 5.74) is 1.82. The first kappa shape index (κ1) is 19.2. The zero-order valence-electron chi connectivity index (χ0n) is 16.7. The van der Waals surface area contributed by atoms with Crippen LogP contribution in [-0.2, 0) is 13.1 Å². The number of fused-ring (bicyclic) bond motifs is 1. The number of aromatic nitrogens is 4. The average Bonchev–Trinajstić information content (AvgIpc) is 3.41. The normalized spacial score (nSPS) is 15.0. The maximum absolute atomic E-state index is 6.12. The third-order valence-corrected chi connectivity index (χ3v) is 4.98. The van der Waals surface area contributed by atoms with Crippen molar-refractivity contribution < 1.29 is 4.74 Å². The van der Waals surface area contributed by atoms with Crippen LogP contribution in [0.3, 0.4) is 0 Å². The van der Waals surface area contributed by atoms with Gasteiger partial charge in [-0.2, -0.15) is 0 Å². The van der Waals surface area contributed by atoms with Gasteiger partial charge in [-0.25, -0.2) is 9.98 Å².